The highest BCUT2D eigenvalue weighted by atomic mass is 35.5. The maximum Gasteiger partial charge on any atom is 0.328 e. The summed E-state index contributed by atoms with van der Waals surface area (Å²) in [7, 11) is 0. The van der Waals surface area contributed by atoms with Crippen LogP contribution >= 0.6 is 23.2 Å². The summed E-state index contributed by atoms with van der Waals surface area (Å²) in [5, 5.41) is 13.9. The number of fused-ring (bicyclic) bond motifs is 1. The summed E-state index contributed by atoms with van der Waals surface area (Å²) < 4.78 is 29.8. The minimum Gasteiger partial charge on any atom is -0.478 e. The van der Waals surface area contributed by atoms with Gasteiger partial charge in [-0.25, -0.2) is 13.6 Å². The molecule has 24 heavy (non-hydrogen) atoms. The number of aliphatic carboxylic acids is 1. The van der Waals surface area contributed by atoms with Crippen molar-refractivity contribution < 1.29 is 18.7 Å². The van der Waals surface area contributed by atoms with Gasteiger partial charge in [0.15, 0.2) is 0 Å². The van der Waals surface area contributed by atoms with Gasteiger partial charge in [-0.2, -0.15) is 5.10 Å². The van der Waals surface area contributed by atoms with Crippen LogP contribution in [0.5, 0.6) is 0 Å². The zero-order chi connectivity index (χ0) is 17.5. The summed E-state index contributed by atoms with van der Waals surface area (Å²) in [6, 6.07) is 4.87. The van der Waals surface area contributed by atoms with Crippen molar-refractivity contribution in [2.45, 2.75) is 25.3 Å². The van der Waals surface area contributed by atoms with Crippen molar-refractivity contribution >= 4 is 34.7 Å². The fraction of sp³-hybridized carbons (Fsp3) is 0.250. The van der Waals surface area contributed by atoms with E-state index in [2.05, 4.69) is 5.10 Å². The summed E-state index contributed by atoms with van der Waals surface area (Å²) >= 11 is 12.0. The van der Waals surface area contributed by atoms with Crippen LogP contribution in [-0.4, -0.2) is 26.8 Å². The lowest BCUT2D eigenvalue weighted by molar-refractivity contribution is -0.131. The number of nitrogens with zero attached hydrogens (tertiary/aromatic N) is 2. The molecule has 0 fully saturated rings. The van der Waals surface area contributed by atoms with Crippen molar-refractivity contribution in [3.05, 3.63) is 57.3 Å². The van der Waals surface area contributed by atoms with E-state index < -0.39 is 23.9 Å². The van der Waals surface area contributed by atoms with Gasteiger partial charge in [-0.1, -0.05) is 29.3 Å². The Hall–Kier alpha value is -1.92. The molecule has 4 nitrogen and oxygen atoms in total. The van der Waals surface area contributed by atoms with E-state index in [4.69, 9.17) is 28.3 Å². The molecule has 1 heterocycles. The maximum absolute atomic E-state index is 14.2. The highest BCUT2D eigenvalue weighted by Gasteiger charge is 2.42. The topological polar surface area (TPSA) is 55.1 Å². The van der Waals surface area contributed by atoms with Crippen LogP contribution in [0.3, 0.4) is 0 Å². The third-order valence-corrected chi connectivity index (χ3v) is 4.46. The van der Waals surface area contributed by atoms with Gasteiger partial charge in [0.05, 0.1) is 24.0 Å². The summed E-state index contributed by atoms with van der Waals surface area (Å²) in [5.41, 5.74) is 0.854. The van der Waals surface area contributed by atoms with Crippen molar-refractivity contribution in [1.82, 2.24) is 9.78 Å². The smallest absolute Gasteiger partial charge is 0.328 e. The molecule has 0 radical (unpaired) electrons. The van der Waals surface area contributed by atoms with Crippen LogP contribution in [-0.2, 0) is 17.8 Å². The molecule has 0 atom stereocenters. The van der Waals surface area contributed by atoms with Gasteiger partial charge in [-0.05, 0) is 29.7 Å². The fourth-order valence-corrected chi connectivity index (χ4v) is 3.22. The van der Waals surface area contributed by atoms with Crippen LogP contribution in [0, 0.1) is 0 Å². The second-order valence-corrected chi connectivity index (χ2v) is 6.36. The third-order valence-electron chi connectivity index (χ3n) is 3.88. The molecule has 0 unspecified atom stereocenters. The zero-order valence-electron chi connectivity index (χ0n) is 12.3. The number of hydrogen-bond donors (Lipinski definition) is 1. The average molecular weight is 373 g/mol. The maximum atomic E-state index is 14.2. The Labute approximate surface area is 146 Å². The molecule has 0 amide bonds. The molecule has 1 aliphatic carbocycles. The number of benzene rings is 1. The van der Waals surface area contributed by atoms with E-state index in [1.165, 1.54) is 10.9 Å². The number of allylic oxidation sites excluding steroid dienone is 1. The molecule has 3 rings (SSSR count). The molecular weight excluding hydrogens is 361 g/mol. The number of carboxylic acid groups (broad SMARTS) is 1. The molecular formula is C16H12Cl2F2N2O2. The highest BCUT2D eigenvalue weighted by molar-refractivity contribution is 6.35. The fourth-order valence-electron chi connectivity index (χ4n) is 2.75. The first kappa shape index (κ1) is 16.9. The molecule has 1 N–H and O–H groups in total. The number of aryl methyl sites for hydroxylation is 1. The summed E-state index contributed by atoms with van der Waals surface area (Å²) in [6.07, 6.45) is 1.74. The van der Waals surface area contributed by atoms with Gasteiger partial charge >= 0.3 is 5.97 Å². The van der Waals surface area contributed by atoms with Gasteiger partial charge < -0.3 is 5.11 Å². The Bertz CT molecular complexity index is 847. The standard InChI is InChI=1S/C16H12Cl2F2N2O2/c17-11-2-1-10(13(18)5-11)8-22-15-9(7-21-22)3-4-16(19,20)12(15)6-14(23)24/h1-2,5-7H,3-4,8H2,(H,23,24)/b12-6+. The Kier molecular flexibility index (Phi) is 4.36. The van der Waals surface area contributed by atoms with Crippen molar-refractivity contribution in [2.75, 3.05) is 0 Å². The molecule has 1 aliphatic rings. The molecule has 126 valence electrons. The van der Waals surface area contributed by atoms with E-state index in [0.717, 1.165) is 0 Å². The van der Waals surface area contributed by atoms with E-state index in [1.807, 2.05) is 0 Å². The van der Waals surface area contributed by atoms with Crippen molar-refractivity contribution in [2.24, 2.45) is 0 Å². The molecule has 0 saturated heterocycles. The number of carbonyl (C=O) groups is 1. The lowest BCUT2D eigenvalue weighted by atomic mass is 9.89. The average Bonchev–Trinajstić information content (AvgIpc) is 2.88. The Morgan fingerprint density at radius 1 is 1.42 bits per heavy atom. The van der Waals surface area contributed by atoms with Crippen LogP contribution in [0.4, 0.5) is 8.78 Å². The van der Waals surface area contributed by atoms with E-state index in [0.29, 0.717) is 27.2 Å². The van der Waals surface area contributed by atoms with E-state index in [1.54, 1.807) is 18.2 Å². The SMILES string of the molecule is O=C(O)/C=C1\c2c(cnn2Cc2ccc(Cl)cc2Cl)CCC1(F)F. The summed E-state index contributed by atoms with van der Waals surface area (Å²) in [4.78, 5) is 11.0. The van der Waals surface area contributed by atoms with Gasteiger partial charge in [0, 0.05) is 22.5 Å². The van der Waals surface area contributed by atoms with Crippen molar-refractivity contribution in [3.8, 4) is 0 Å². The molecule has 8 heteroatoms. The molecule has 0 aliphatic heterocycles. The van der Waals surface area contributed by atoms with Crippen molar-refractivity contribution in [3.63, 3.8) is 0 Å². The van der Waals surface area contributed by atoms with Gasteiger partial charge in [0.1, 0.15) is 0 Å². The second kappa shape index (κ2) is 6.18. The molecule has 0 spiro atoms. The second-order valence-electron chi connectivity index (χ2n) is 5.51. The van der Waals surface area contributed by atoms with Crippen LogP contribution < -0.4 is 0 Å². The third kappa shape index (κ3) is 3.16. The predicted molar refractivity (Wildman–Crippen MR) is 86.7 cm³/mol. The van der Waals surface area contributed by atoms with Gasteiger partial charge in [-0.15, -0.1) is 0 Å². The van der Waals surface area contributed by atoms with Gasteiger partial charge in [-0.3, -0.25) is 4.68 Å². The largest absolute Gasteiger partial charge is 0.478 e. The minimum atomic E-state index is -3.22. The number of hydrogen-bond acceptors (Lipinski definition) is 2. The van der Waals surface area contributed by atoms with Gasteiger partial charge in [0.25, 0.3) is 5.92 Å². The van der Waals surface area contributed by atoms with Crippen LogP contribution in [0.1, 0.15) is 23.2 Å². The predicted octanol–water partition coefficient (Wildman–Crippen LogP) is 4.29. The normalized spacial score (nSPS) is 17.8. The number of rotatable bonds is 3. The lowest BCUT2D eigenvalue weighted by Crippen LogP contribution is -2.27. The van der Waals surface area contributed by atoms with Crippen LogP contribution in [0.2, 0.25) is 10.0 Å². The number of halogens is 4. The molecule has 0 saturated carbocycles. The van der Waals surface area contributed by atoms with Crippen LogP contribution in [0.25, 0.3) is 5.57 Å². The van der Waals surface area contributed by atoms with E-state index >= 15 is 0 Å². The zero-order valence-corrected chi connectivity index (χ0v) is 13.8. The highest BCUT2D eigenvalue weighted by Crippen LogP contribution is 2.42. The Balaban J connectivity index is 2.07. The van der Waals surface area contributed by atoms with E-state index in [9.17, 15) is 13.6 Å². The number of aromatic nitrogens is 2. The minimum absolute atomic E-state index is 0.133. The van der Waals surface area contributed by atoms with Crippen LogP contribution in [0.15, 0.2) is 30.5 Å². The molecule has 2 aromatic rings. The number of carboxylic acids is 1. The molecule has 1 aromatic carbocycles. The summed E-state index contributed by atoms with van der Waals surface area (Å²) in [5.74, 6) is -4.64. The lowest BCUT2D eigenvalue weighted by Gasteiger charge is -2.26. The molecule has 0 bridgehead atoms. The summed E-state index contributed by atoms with van der Waals surface area (Å²) in [6.45, 7) is 0.137. The molecule has 1 aromatic heterocycles. The van der Waals surface area contributed by atoms with E-state index in [-0.39, 0.29) is 18.7 Å². The van der Waals surface area contributed by atoms with Crippen molar-refractivity contribution in [1.29, 1.82) is 0 Å². The monoisotopic (exact) mass is 372 g/mol. The number of alkyl halides is 2. The first-order valence-corrected chi connectivity index (χ1v) is 7.85. The Morgan fingerprint density at radius 3 is 2.83 bits per heavy atom. The first-order valence-electron chi connectivity index (χ1n) is 7.10. The van der Waals surface area contributed by atoms with Gasteiger partial charge in [0.2, 0.25) is 0 Å². The quantitative estimate of drug-likeness (QED) is 0.817. The first-order chi connectivity index (χ1) is 11.3. The Morgan fingerprint density at radius 2 is 2.17 bits per heavy atom.